The molecule has 0 radical (unpaired) electrons. The molecule has 0 aliphatic carbocycles. The molecule has 3 unspecified atom stereocenters. The van der Waals surface area contributed by atoms with Crippen LogP contribution in [0.1, 0.15) is 20.3 Å². The van der Waals surface area contributed by atoms with E-state index in [1.165, 1.54) is 0 Å². The Balaban J connectivity index is 2.12. The summed E-state index contributed by atoms with van der Waals surface area (Å²) in [5, 5.41) is 3.78. The number of hydrogen-bond acceptors (Lipinski definition) is 3. The van der Waals surface area contributed by atoms with Crippen LogP contribution in [-0.4, -0.2) is 40.0 Å². The van der Waals surface area contributed by atoms with Crippen molar-refractivity contribution in [3.8, 4) is 0 Å². The molecule has 2 rings (SSSR count). The summed E-state index contributed by atoms with van der Waals surface area (Å²) in [4.78, 5) is 0. The molecule has 3 nitrogen and oxygen atoms in total. The van der Waals surface area contributed by atoms with E-state index in [0.29, 0.717) is 12.6 Å². The molecule has 3 atom stereocenters. The van der Waals surface area contributed by atoms with Crippen molar-refractivity contribution >= 4 is 10.8 Å². The summed E-state index contributed by atoms with van der Waals surface area (Å²) in [7, 11) is -0.714. The average molecular weight is 203 g/mol. The summed E-state index contributed by atoms with van der Waals surface area (Å²) in [5.41, 5.74) is 0.0311. The van der Waals surface area contributed by atoms with E-state index in [2.05, 4.69) is 19.2 Å². The van der Waals surface area contributed by atoms with Crippen LogP contribution < -0.4 is 5.32 Å². The molecule has 0 amide bonds. The van der Waals surface area contributed by atoms with Gasteiger partial charge in [0, 0.05) is 34.7 Å². The molecule has 2 aliphatic heterocycles. The Labute approximate surface area is 81.7 Å². The molecule has 0 saturated carbocycles. The average Bonchev–Trinajstić information content (AvgIpc) is 2.02. The summed E-state index contributed by atoms with van der Waals surface area (Å²) in [5.74, 6) is 0.748. The summed E-state index contributed by atoms with van der Waals surface area (Å²) in [6, 6.07) is 0.401. The lowest BCUT2D eigenvalue weighted by molar-refractivity contribution is 0.0718. The quantitative estimate of drug-likeness (QED) is 0.614. The highest BCUT2D eigenvalue weighted by Crippen LogP contribution is 2.23. The van der Waals surface area contributed by atoms with E-state index in [1.54, 1.807) is 0 Å². The van der Waals surface area contributed by atoms with Gasteiger partial charge in [0.1, 0.15) is 0 Å². The third-order valence-electron chi connectivity index (χ3n) is 2.72. The van der Waals surface area contributed by atoms with Crippen LogP contribution in [0.4, 0.5) is 0 Å². The Morgan fingerprint density at radius 2 is 2.31 bits per heavy atom. The second kappa shape index (κ2) is 3.33. The van der Waals surface area contributed by atoms with Gasteiger partial charge in [0.15, 0.2) is 0 Å². The van der Waals surface area contributed by atoms with Crippen molar-refractivity contribution in [2.75, 3.05) is 19.0 Å². The Kier molecular flexibility index (Phi) is 2.47. The molecule has 76 valence electrons. The van der Waals surface area contributed by atoms with Gasteiger partial charge in [-0.3, -0.25) is 4.21 Å². The van der Waals surface area contributed by atoms with Gasteiger partial charge >= 0.3 is 0 Å². The topological polar surface area (TPSA) is 38.3 Å². The second-order valence-corrected chi connectivity index (χ2v) is 6.22. The normalized spacial score (nSPS) is 44.0. The molecule has 13 heavy (non-hydrogen) atoms. The first kappa shape index (κ1) is 9.62. The second-order valence-electron chi connectivity index (χ2n) is 4.56. The Morgan fingerprint density at radius 3 is 3.08 bits per heavy atom. The molecule has 0 aromatic heterocycles. The molecule has 0 spiro atoms. The number of fused-ring (bicyclic) bond motifs is 1. The van der Waals surface area contributed by atoms with Crippen LogP contribution in [0, 0.1) is 0 Å². The smallest absolute Gasteiger partial charge is 0.0736 e. The third-order valence-corrected chi connectivity index (χ3v) is 4.87. The minimum atomic E-state index is -0.714. The van der Waals surface area contributed by atoms with E-state index in [-0.39, 0.29) is 10.8 Å². The third kappa shape index (κ3) is 1.95. The first-order valence-electron chi connectivity index (χ1n) is 4.81. The van der Waals surface area contributed by atoms with Gasteiger partial charge in [0.05, 0.1) is 11.9 Å². The van der Waals surface area contributed by atoms with Crippen molar-refractivity contribution in [3.05, 3.63) is 0 Å². The molecule has 2 aliphatic rings. The van der Waals surface area contributed by atoms with Crippen LogP contribution in [0.15, 0.2) is 0 Å². The monoisotopic (exact) mass is 203 g/mol. The highest BCUT2D eigenvalue weighted by molar-refractivity contribution is 7.85. The maximum absolute atomic E-state index is 11.8. The molecule has 1 N–H and O–H groups in total. The van der Waals surface area contributed by atoms with Gasteiger partial charge in [-0.1, -0.05) is 0 Å². The molecule has 0 aromatic rings. The van der Waals surface area contributed by atoms with Crippen LogP contribution in [0.25, 0.3) is 0 Å². The Morgan fingerprint density at radius 1 is 1.54 bits per heavy atom. The van der Waals surface area contributed by atoms with Gasteiger partial charge in [-0.05, 0) is 20.3 Å². The van der Waals surface area contributed by atoms with Crippen LogP contribution in [0.3, 0.4) is 0 Å². The maximum Gasteiger partial charge on any atom is 0.0736 e. The van der Waals surface area contributed by atoms with Crippen molar-refractivity contribution in [2.45, 2.75) is 37.1 Å². The van der Waals surface area contributed by atoms with Crippen LogP contribution >= 0.6 is 0 Å². The highest BCUT2D eigenvalue weighted by atomic mass is 32.2. The van der Waals surface area contributed by atoms with Crippen molar-refractivity contribution in [1.82, 2.24) is 5.32 Å². The minimum absolute atomic E-state index is 0.0311. The van der Waals surface area contributed by atoms with E-state index < -0.39 is 10.8 Å². The molecule has 2 fully saturated rings. The Hall–Kier alpha value is 0.0700. The first-order valence-corrected chi connectivity index (χ1v) is 6.19. The zero-order valence-corrected chi connectivity index (χ0v) is 9.02. The van der Waals surface area contributed by atoms with E-state index in [0.717, 1.165) is 18.8 Å². The predicted molar refractivity (Wildman–Crippen MR) is 53.2 cm³/mol. The standard InChI is InChI=1S/C9H17NO2S/c1-9(2)6-13(11)8-5-12-4-3-7(8)10-9/h7-8,10H,3-6H2,1-2H3. The van der Waals surface area contributed by atoms with Gasteiger partial charge in [0.2, 0.25) is 0 Å². The lowest BCUT2D eigenvalue weighted by Gasteiger charge is -2.43. The van der Waals surface area contributed by atoms with Crippen molar-refractivity contribution in [1.29, 1.82) is 0 Å². The molecular formula is C9H17NO2S. The van der Waals surface area contributed by atoms with Crippen molar-refractivity contribution in [3.63, 3.8) is 0 Å². The Bertz CT molecular complexity index is 230. The largest absolute Gasteiger partial charge is 0.380 e. The number of nitrogens with one attached hydrogen (secondary N) is 1. The van der Waals surface area contributed by atoms with Gasteiger partial charge in [-0.2, -0.15) is 0 Å². The van der Waals surface area contributed by atoms with Crippen molar-refractivity contribution in [2.24, 2.45) is 0 Å². The number of hydrogen-bond donors (Lipinski definition) is 1. The zero-order chi connectivity index (χ0) is 9.47. The van der Waals surface area contributed by atoms with Gasteiger partial charge in [-0.15, -0.1) is 0 Å². The molecule has 0 bridgehead atoms. The fourth-order valence-corrected chi connectivity index (χ4v) is 3.97. The lowest BCUT2D eigenvalue weighted by atomic mass is 10.0. The molecular weight excluding hydrogens is 186 g/mol. The number of rotatable bonds is 0. The fourth-order valence-electron chi connectivity index (χ4n) is 2.14. The molecule has 2 saturated heterocycles. The molecule has 2 heterocycles. The summed E-state index contributed by atoms with van der Waals surface area (Å²) >= 11 is 0. The zero-order valence-electron chi connectivity index (χ0n) is 8.21. The van der Waals surface area contributed by atoms with Crippen LogP contribution in [-0.2, 0) is 15.5 Å². The highest BCUT2D eigenvalue weighted by Gasteiger charge is 2.40. The fraction of sp³-hybridized carbons (Fsp3) is 1.00. The SMILES string of the molecule is CC1(C)CS(=O)C2COCCC2N1. The maximum atomic E-state index is 11.8. The van der Waals surface area contributed by atoms with E-state index in [9.17, 15) is 4.21 Å². The predicted octanol–water partition coefficient (Wildman–Crippen LogP) is 0.274. The van der Waals surface area contributed by atoms with E-state index >= 15 is 0 Å². The molecule has 0 aromatic carbocycles. The first-order chi connectivity index (χ1) is 6.08. The molecule has 4 heteroatoms. The van der Waals surface area contributed by atoms with Gasteiger partial charge in [-0.25, -0.2) is 0 Å². The van der Waals surface area contributed by atoms with Gasteiger partial charge < -0.3 is 10.1 Å². The summed E-state index contributed by atoms with van der Waals surface area (Å²) < 4.78 is 17.2. The lowest BCUT2D eigenvalue weighted by Crippen LogP contribution is -2.63. The van der Waals surface area contributed by atoms with Crippen molar-refractivity contribution < 1.29 is 8.95 Å². The summed E-state index contributed by atoms with van der Waals surface area (Å²) in [6.07, 6.45) is 1.000. The van der Waals surface area contributed by atoms with E-state index in [4.69, 9.17) is 4.74 Å². The van der Waals surface area contributed by atoms with E-state index in [1.807, 2.05) is 0 Å². The van der Waals surface area contributed by atoms with Gasteiger partial charge in [0.25, 0.3) is 0 Å². The number of ether oxygens (including phenoxy) is 1. The van der Waals surface area contributed by atoms with Crippen LogP contribution in [0.2, 0.25) is 0 Å². The minimum Gasteiger partial charge on any atom is -0.380 e. The summed E-state index contributed by atoms with van der Waals surface area (Å²) in [6.45, 7) is 5.72. The van der Waals surface area contributed by atoms with Crippen LogP contribution in [0.5, 0.6) is 0 Å².